The maximum absolute atomic E-state index is 11.6. The summed E-state index contributed by atoms with van der Waals surface area (Å²) in [5.41, 5.74) is 1.40. The summed E-state index contributed by atoms with van der Waals surface area (Å²) in [6, 6.07) is 0. The van der Waals surface area contributed by atoms with Gasteiger partial charge < -0.3 is 15.0 Å². The molecule has 0 saturated heterocycles. The lowest BCUT2D eigenvalue weighted by Gasteiger charge is -2.29. The first-order valence-corrected chi connectivity index (χ1v) is 7.43. The van der Waals surface area contributed by atoms with Crippen molar-refractivity contribution in [3.05, 3.63) is 17.7 Å². The summed E-state index contributed by atoms with van der Waals surface area (Å²) in [4.78, 5) is 15.9. The molecule has 5 nitrogen and oxygen atoms in total. The lowest BCUT2D eigenvalue weighted by atomic mass is 9.90. The van der Waals surface area contributed by atoms with Crippen LogP contribution in [0.4, 0.5) is 0 Å². The van der Waals surface area contributed by atoms with Crippen molar-refractivity contribution >= 4 is 5.97 Å². The molecule has 1 unspecified atom stereocenters. The van der Waals surface area contributed by atoms with Crippen LogP contribution in [-0.2, 0) is 11.3 Å². The molecule has 0 aliphatic rings. The summed E-state index contributed by atoms with van der Waals surface area (Å²) in [6.45, 7) is 9.57. The Morgan fingerprint density at radius 2 is 2.15 bits per heavy atom. The summed E-state index contributed by atoms with van der Waals surface area (Å²) in [6.07, 6.45) is 4.83. The van der Waals surface area contributed by atoms with Crippen LogP contribution in [0.3, 0.4) is 0 Å². The summed E-state index contributed by atoms with van der Waals surface area (Å²) in [5, 5.41) is 12.7. The van der Waals surface area contributed by atoms with E-state index in [4.69, 9.17) is 0 Å². The molecule has 0 spiro atoms. The van der Waals surface area contributed by atoms with Crippen LogP contribution in [0.5, 0.6) is 0 Å². The van der Waals surface area contributed by atoms with Gasteiger partial charge in [0, 0.05) is 12.2 Å². The highest BCUT2D eigenvalue weighted by atomic mass is 16.4. The molecule has 114 valence electrons. The van der Waals surface area contributed by atoms with Crippen molar-refractivity contribution in [3.63, 3.8) is 0 Å². The molecule has 0 aliphatic carbocycles. The molecule has 2 N–H and O–H groups in total. The predicted molar refractivity (Wildman–Crippen MR) is 79.9 cm³/mol. The number of carboxylic acids is 1. The number of imidazole rings is 1. The Morgan fingerprint density at radius 3 is 2.60 bits per heavy atom. The number of nitrogens with zero attached hydrogens (tertiary/aromatic N) is 2. The van der Waals surface area contributed by atoms with Gasteiger partial charge in [0.15, 0.2) is 0 Å². The predicted octanol–water partition coefficient (Wildman–Crippen LogP) is 2.51. The monoisotopic (exact) mass is 281 g/mol. The van der Waals surface area contributed by atoms with Crippen molar-refractivity contribution in [2.45, 2.75) is 65.5 Å². The zero-order valence-electron chi connectivity index (χ0n) is 13.1. The van der Waals surface area contributed by atoms with Gasteiger partial charge >= 0.3 is 5.97 Å². The minimum Gasteiger partial charge on any atom is -0.480 e. The summed E-state index contributed by atoms with van der Waals surface area (Å²) < 4.78 is 2.09. The average Bonchev–Trinajstić information content (AvgIpc) is 2.74. The molecular formula is C15H27N3O2. The number of carboxylic acid groups (broad SMARTS) is 1. The van der Waals surface area contributed by atoms with E-state index in [1.807, 2.05) is 34.0 Å². The van der Waals surface area contributed by atoms with Crippen LogP contribution < -0.4 is 5.32 Å². The van der Waals surface area contributed by atoms with Gasteiger partial charge in [-0.1, -0.05) is 13.8 Å². The van der Waals surface area contributed by atoms with Crippen LogP contribution in [0.1, 0.15) is 50.9 Å². The Bertz CT molecular complexity index is 442. The molecule has 1 heterocycles. The molecule has 0 aliphatic heterocycles. The van der Waals surface area contributed by atoms with E-state index in [-0.39, 0.29) is 0 Å². The largest absolute Gasteiger partial charge is 0.480 e. The minimum atomic E-state index is -0.792. The zero-order valence-corrected chi connectivity index (χ0v) is 13.1. The van der Waals surface area contributed by atoms with E-state index in [1.165, 1.54) is 0 Å². The first kappa shape index (κ1) is 16.7. The third-order valence-electron chi connectivity index (χ3n) is 4.07. The third kappa shape index (κ3) is 3.82. The van der Waals surface area contributed by atoms with Gasteiger partial charge in [-0.3, -0.25) is 4.79 Å². The maximum atomic E-state index is 11.6. The fourth-order valence-corrected chi connectivity index (χ4v) is 2.41. The van der Waals surface area contributed by atoms with Crippen molar-refractivity contribution in [3.8, 4) is 0 Å². The Morgan fingerprint density at radius 1 is 1.45 bits per heavy atom. The lowest BCUT2D eigenvalue weighted by molar-refractivity contribution is -0.145. The van der Waals surface area contributed by atoms with Crippen molar-refractivity contribution in [1.82, 2.24) is 14.9 Å². The number of aromatic nitrogens is 2. The van der Waals surface area contributed by atoms with E-state index in [9.17, 15) is 9.90 Å². The highest BCUT2D eigenvalue weighted by Crippen LogP contribution is 2.19. The first-order chi connectivity index (χ1) is 9.46. The molecule has 0 aromatic carbocycles. The van der Waals surface area contributed by atoms with Crippen molar-refractivity contribution in [2.24, 2.45) is 0 Å². The third-order valence-corrected chi connectivity index (χ3v) is 4.07. The van der Waals surface area contributed by atoms with Gasteiger partial charge in [0.2, 0.25) is 0 Å². The highest BCUT2D eigenvalue weighted by Gasteiger charge is 2.35. The number of hydrogen-bond acceptors (Lipinski definition) is 3. The first-order valence-electron chi connectivity index (χ1n) is 7.43. The molecule has 1 aromatic rings. The van der Waals surface area contributed by atoms with Crippen LogP contribution in [-0.4, -0.2) is 32.7 Å². The minimum absolute atomic E-state index is 0.601. The fourth-order valence-electron chi connectivity index (χ4n) is 2.41. The van der Waals surface area contributed by atoms with Gasteiger partial charge in [-0.25, -0.2) is 4.98 Å². The number of hydrogen-bond donors (Lipinski definition) is 2. The molecule has 5 heteroatoms. The molecule has 20 heavy (non-hydrogen) atoms. The van der Waals surface area contributed by atoms with E-state index in [0.717, 1.165) is 37.3 Å². The van der Waals surface area contributed by atoms with Crippen LogP contribution in [0, 0.1) is 13.8 Å². The smallest absolute Gasteiger partial charge is 0.323 e. The second-order valence-corrected chi connectivity index (χ2v) is 5.38. The topological polar surface area (TPSA) is 67.2 Å². The van der Waals surface area contributed by atoms with Crippen LogP contribution >= 0.6 is 0 Å². The van der Waals surface area contributed by atoms with Gasteiger partial charge in [0.05, 0.1) is 12.0 Å². The SMILES string of the molecule is CCCNC(CC)(CCCn1cnc(C)c1C)C(=O)O. The average molecular weight is 281 g/mol. The quantitative estimate of drug-likeness (QED) is 0.730. The van der Waals surface area contributed by atoms with E-state index >= 15 is 0 Å². The second kappa shape index (κ2) is 7.43. The van der Waals surface area contributed by atoms with Gasteiger partial charge in [-0.2, -0.15) is 0 Å². The number of aliphatic carboxylic acids is 1. The Labute approximate surface area is 121 Å². The Kier molecular flexibility index (Phi) is 6.20. The second-order valence-electron chi connectivity index (χ2n) is 5.38. The molecule has 0 saturated carbocycles. The van der Waals surface area contributed by atoms with E-state index < -0.39 is 11.5 Å². The molecule has 0 amide bonds. The number of aryl methyl sites for hydroxylation is 2. The molecule has 0 radical (unpaired) electrons. The van der Waals surface area contributed by atoms with E-state index in [0.29, 0.717) is 12.8 Å². The normalized spacial score (nSPS) is 14.2. The van der Waals surface area contributed by atoms with Gasteiger partial charge in [0.1, 0.15) is 5.54 Å². The zero-order chi connectivity index (χ0) is 15.2. The number of nitrogens with one attached hydrogen (secondary N) is 1. The van der Waals surface area contributed by atoms with Crippen molar-refractivity contribution in [2.75, 3.05) is 6.54 Å². The molecule has 1 rings (SSSR count). The summed E-state index contributed by atoms with van der Waals surface area (Å²) >= 11 is 0. The summed E-state index contributed by atoms with van der Waals surface area (Å²) in [5.74, 6) is -0.744. The van der Waals surface area contributed by atoms with Gasteiger partial charge in [0.25, 0.3) is 0 Å². The standard InChI is InChI=1S/C15H27N3O2/c1-5-9-17-15(6-2,14(19)20)8-7-10-18-11-16-12(3)13(18)4/h11,17H,5-10H2,1-4H3,(H,19,20). The van der Waals surface area contributed by atoms with Gasteiger partial charge in [-0.05, 0) is 46.1 Å². The highest BCUT2D eigenvalue weighted by molar-refractivity contribution is 5.78. The maximum Gasteiger partial charge on any atom is 0.323 e. The van der Waals surface area contributed by atoms with Crippen molar-refractivity contribution in [1.29, 1.82) is 0 Å². The molecule has 0 bridgehead atoms. The molecule has 0 fully saturated rings. The fraction of sp³-hybridized carbons (Fsp3) is 0.733. The van der Waals surface area contributed by atoms with E-state index in [1.54, 1.807) is 0 Å². The molecule has 1 atom stereocenters. The number of carbonyl (C=O) groups is 1. The summed E-state index contributed by atoms with van der Waals surface area (Å²) in [7, 11) is 0. The Balaban J connectivity index is 2.62. The van der Waals surface area contributed by atoms with Crippen LogP contribution in [0.15, 0.2) is 6.33 Å². The van der Waals surface area contributed by atoms with Gasteiger partial charge in [-0.15, -0.1) is 0 Å². The van der Waals surface area contributed by atoms with E-state index in [2.05, 4.69) is 14.9 Å². The number of rotatable bonds is 9. The molecule has 1 aromatic heterocycles. The van der Waals surface area contributed by atoms with Crippen molar-refractivity contribution < 1.29 is 9.90 Å². The van der Waals surface area contributed by atoms with Crippen LogP contribution in [0.25, 0.3) is 0 Å². The lowest BCUT2D eigenvalue weighted by Crippen LogP contribution is -2.52. The van der Waals surface area contributed by atoms with Crippen LogP contribution in [0.2, 0.25) is 0 Å². The molecular weight excluding hydrogens is 254 g/mol. The Hall–Kier alpha value is -1.36.